The average Bonchev–Trinajstić information content (AvgIpc) is 2.27. The topological polar surface area (TPSA) is 38.3 Å². The average molecular weight is 296 g/mol. The summed E-state index contributed by atoms with van der Waals surface area (Å²) in [6, 6.07) is 0.425. The van der Waals surface area contributed by atoms with Crippen molar-refractivity contribution >= 4 is 17.5 Å². The molecule has 1 N–H and O–H groups in total. The smallest absolute Gasteiger partial charge is 0.257 e. The van der Waals surface area contributed by atoms with Gasteiger partial charge in [-0.2, -0.15) is 0 Å². The zero-order chi connectivity index (χ0) is 14.4. The Kier molecular flexibility index (Phi) is 6.11. The lowest BCUT2D eigenvalue weighted by Gasteiger charge is -2.17. The fourth-order valence-electron chi connectivity index (χ4n) is 1.55. The Bertz CT molecular complexity index is 428. The number of ether oxygens (including phenoxy) is 1. The van der Waals surface area contributed by atoms with E-state index in [-0.39, 0.29) is 12.5 Å². The van der Waals surface area contributed by atoms with Crippen LogP contribution in [0.3, 0.4) is 0 Å². The van der Waals surface area contributed by atoms with Crippen molar-refractivity contribution in [3.8, 4) is 0 Å². The van der Waals surface area contributed by atoms with Crippen molar-refractivity contribution in [2.45, 2.75) is 12.5 Å². The van der Waals surface area contributed by atoms with Gasteiger partial charge in [0.2, 0.25) is 0 Å². The standard InChI is InChI=1S/C12H13ClF3NO2/c1-19-6-8(2-3-13)17-12(18)11-9(15)4-7(14)5-10(11)16/h4-5,8H,2-3,6H2,1H3,(H,17,18). The number of carbonyl (C=O) groups is 1. The molecule has 0 aliphatic carbocycles. The van der Waals surface area contributed by atoms with Gasteiger partial charge in [0.1, 0.15) is 23.0 Å². The van der Waals surface area contributed by atoms with E-state index < -0.39 is 35.0 Å². The summed E-state index contributed by atoms with van der Waals surface area (Å²) in [5.41, 5.74) is -0.822. The summed E-state index contributed by atoms with van der Waals surface area (Å²) in [5, 5.41) is 2.39. The second kappa shape index (κ2) is 7.35. The molecule has 7 heteroatoms. The fourth-order valence-corrected chi connectivity index (χ4v) is 1.81. The summed E-state index contributed by atoms with van der Waals surface area (Å²) in [5.74, 6) is -4.31. The highest BCUT2D eigenvalue weighted by Crippen LogP contribution is 2.15. The van der Waals surface area contributed by atoms with Crippen LogP contribution in [0.5, 0.6) is 0 Å². The van der Waals surface area contributed by atoms with Crippen LogP contribution < -0.4 is 5.32 Å². The highest BCUT2D eigenvalue weighted by atomic mass is 35.5. The van der Waals surface area contributed by atoms with Gasteiger partial charge >= 0.3 is 0 Å². The largest absolute Gasteiger partial charge is 0.383 e. The molecule has 0 saturated heterocycles. The monoisotopic (exact) mass is 295 g/mol. The van der Waals surface area contributed by atoms with Crippen molar-refractivity contribution in [1.29, 1.82) is 0 Å². The van der Waals surface area contributed by atoms with Gasteiger partial charge in [-0.25, -0.2) is 13.2 Å². The molecule has 0 aliphatic heterocycles. The third kappa shape index (κ3) is 4.40. The van der Waals surface area contributed by atoms with Crippen LogP contribution in [0, 0.1) is 17.5 Å². The zero-order valence-electron chi connectivity index (χ0n) is 10.2. The molecule has 0 heterocycles. The van der Waals surface area contributed by atoms with Gasteiger partial charge in [0.15, 0.2) is 0 Å². The number of amides is 1. The third-order valence-corrected chi connectivity index (χ3v) is 2.61. The van der Waals surface area contributed by atoms with E-state index in [0.29, 0.717) is 18.6 Å². The quantitative estimate of drug-likeness (QED) is 0.819. The van der Waals surface area contributed by atoms with Crippen LogP contribution in [-0.2, 0) is 4.74 Å². The first-order valence-electron chi connectivity index (χ1n) is 5.50. The molecule has 19 heavy (non-hydrogen) atoms. The molecule has 0 bridgehead atoms. The fraction of sp³-hybridized carbons (Fsp3) is 0.417. The molecular weight excluding hydrogens is 283 g/mol. The molecule has 1 unspecified atom stereocenters. The molecule has 0 fully saturated rings. The van der Waals surface area contributed by atoms with E-state index in [4.69, 9.17) is 16.3 Å². The number of hydrogen-bond acceptors (Lipinski definition) is 2. The Hall–Kier alpha value is -1.27. The van der Waals surface area contributed by atoms with Crippen molar-refractivity contribution in [3.63, 3.8) is 0 Å². The van der Waals surface area contributed by atoms with E-state index in [1.54, 1.807) is 0 Å². The number of hydrogen-bond donors (Lipinski definition) is 1. The highest BCUT2D eigenvalue weighted by Gasteiger charge is 2.21. The first-order valence-corrected chi connectivity index (χ1v) is 6.03. The maximum absolute atomic E-state index is 13.4. The second-order valence-electron chi connectivity index (χ2n) is 3.85. The highest BCUT2D eigenvalue weighted by molar-refractivity contribution is 6.17. The first-order chi connectivity index (χ1) is 8.99. The van der Waals surface area contributed by atoms with Crippen LogP contribution in [0.15, 0.2) is 12.1 Å². The van der Waals surface area contributed by atoms with Crippen molar-refractivity contribution in [1.82, 2.24) is 5.32 Å². The number of halogens is 4. The van der Waals surface area contributed by atoms with Crippen molar-refractivity contribution in [2.24, 2.45) is 0 Å². The summed E-state index contributed by atoms with van der Waals surface area (Å²) < 4.78 is 44.3. The molecule has 3 nitrogen and oxygen atoms in total. The summed E-state index contributed by atoms with van der Waals surface area (Å²) in [7, 11) is 1.42. The molecule has 0 saturated carbocycles. The van der Waals surface area contributed by atoms with Crippen molar-refractivity contribution in [3.05, 3.63) is 35.1 Å². The van der Waals surface area contributed by atoms with Gasteiger partial charge in [-0.05, 0) is 6.42 Å². The van der Waals surface area contributed by atoms with Gasteiger partial charge in [0.05, 0.1) is 12.6 Å². The van der Waals surface area contributed by atoms with Gasteiger partial charge in [-0.3, -0.25) is 4.79 Å². The maximum atomic E-state index is 13.4. The van der Waals surface area contributed by atoms with E-state index in [1.165, 1.54) is 7.11 Å². The Morgan fingerprint density at radius 1 is 1.37 bits per heavy atom. The molecule has 1 amide bonds. The summed E-state index contributed by atoms with van der Waals surface area (Å²) in [6.07, 6.45) is 0.381. The minimum atomic E-state index is -1.25. The Morgan fingerprint density at radius 2 is 1.95 bits per heavy atom. The zero-order valence-corrected chi connectivity index (χ0v) is 10.9. The Morgan fingerprint density at radius 3 is 2.42 bits per heavy atom. The van der Waals surface area contributed by atoms with E-state index >= 15 is 0 Å². The molecule has 0 aromatic heterocycles. The minimum absolute atomic E-state index is 0.156. The molecule has 0 radical (unpaired) electrons. The first kappa shape index (κ1) is 15.8. The lowest BCUT2D eigenvalue weighted by atomic mass is 10.1. The number of alkyl halides is 1. The van der Waals surface area contributed by atoms with Crippen LogP contribution in [0.1, 0.15) is 16.8 Å². The summed E-state index contributed by atoms with van der Waals surface area (Å²) >= 11 is 5.54. The summed E-state index contributed by atoms with van der Waals surface area (Å²) in [4.78, 5) is 11.7. The number of nitrogens with one attached hydrogen (secondary N) is 1. The SMILES string of the molecule is COCC(CCCl)NC(=O)c1c(F)cc(F)cc1F. The predicted octanol–water partition coefficient (Wildman–Crippen LogP) is 2.48. The van der Waals surface area contributed by atoms with E-state index in [2.05, 4.69) is 5.32 Å². The number of rotatable bonds is 6. The summed E-state index contributed by atoms with van der Waals surface area (Å²) in [6.45, 7) is 0.156. The van der Waals surface area contributed by atoms with E-state index in [0.717, 1.165) is 0 Å². The Labute approximate surface area is 113 Å². The van der Waals surface area contributed by atoms with Gasteiger partial charge in [-0.15, -0.1) is 11.6 Å². The number of benzene rings is 1. The van der Waals surface area contributed by atoms with Crippen molar-refractivity contribution < 1.29 is 22.7 Å². The van der Waals surface area contributed by atoms with Gasteiger partial charge in [0, 0.05) is 25.1 Å². The van der Waals surface area contributed by atoms with Crippen LogP contribution in [0.25, 0.3) is 0 Å². The van der Waals surface area contributed by atoms with Crippen molar-refractivity contribution in [2.75, 3.05) is 19.6 Å². The van der Waals surface area contributed by atoms with Gasteiger partial charge < -0.3 is 10.1 Å². The maximum Gasteiger partial charge on any atom is 0.257 e. The molecule has 1 aromatic rings. The number of carbonyl (C=O) groups excluding carboxylic acids is 1. The van der Waals surface area contributed by atoms with Crippen LogP contribution in [-0.4, -0.2) is 31.5 Å². The molecular formula is C12H13ClF3NO2. The van der Waals surface area contributed by atoms with Gasteiger partial charge in [-0.1, -0.05) is 0 Å². The van der Waals surface area contributed by atoms with E-state index in [9.17, 15) is 18.0 Å². The molecule has 1 aromatic carbocycles. The lowest BCUT2D eigenvalue weighted by molar-refractivity contribution is 0.0886. The van der Waals surface area contributed by atoms with E-state index in [1.807, 2.05) is 0 Å². The van der Waals surface area contributed by atoms with Crippen LogP contribution in [0.4, 0.5) is 13.2 Å². The molecule has 1 atom stereocenters. The molecule has 0 aliphatic rings. The molecule has 1 rings (SSSR count). The van der Waals surface area contributed by atoms with Crippen LogP contribution >= 0.6 is 11.6 Å². The lowest BCUT2D eigenvalue weighted by Crippen LogP contribution is -2.39. The van der Waals surface area contributed by atoms with Gasteiger partial charge in [0.25, 0.3) is 5.91 Å². The minimum Gasteiger partial charge on any atom is -0.383 e. The predicted molar refractivity (Wildman–Crippen MR) is 64.8 cm³/mol. The molecule has 0 spiro atoms. The normalized spacial score (nSPS) is 12.3. The van der Waals surface area contributed by atoms with Crippen LogP contribution in [0.2, 0.25) is 0 Å². The Balaban J connectivity index is 2.88. The third-order valence-electron chi connectivity index (χ3n) is 2.39. The number of methoxy groups -OCH3 is 1. The molecule has 106 valence electrons. The second-order valence-corrected chi connectivity index (χ2v) is 4.23.